The zero-order valence-electron chi connectivity index (χ0n) is 10.1. The van der Waals surface area contributed by atoms with Gasteiger partial charge >= 0.3 is 0 Å². The lowest BCUT2D eigenvalue weighted by molar-refractivity contribution is 0.645. The van der Waals surface area contributed by atoms with E-state index in [9.17, 15) is 0 Å². The van der Waals surface area contributed by atoms with E-state index in [0.29, 0.717) is 12.5 Å². The van der Waals surface area contributed by atoms with E-state index >= 15 is 0 Å². The van der Waals surface area contributed by atoms with Gasteiger partial charge in [-0.2, -0.15) is 0 Å². The molecule has 0 aromatic carbocycles. The molecule has 0 unspecified atom stereocenters. The monoisotopic (exact) mass is 218 g/mol. The Morgan fingerprint density at radius 2 is 2.19 bits per heavy atom. The first kappa shape index (κ1) is 11.1. The molecule has 4 heteroatoms. The maximum atomic E-state index is 5.62. The smallest absolute Gasteiger partial charge is 0.143 e. The molecule has 2 aromatic heterocycles. The molecule has 4 nitrogen and oxygen atoms in total. The summed E-state index contributed by atoms with van der Waals surface area (Å²) in [4.78, 5) is 8.93. The number of hydrogen-bond acceptors (Lipinski definition) is 3. The number of fused-ring (bicyclic) bond motifs is 1. The zero-order chi connectivity index (χ0) is 11.7. The van der Waals surface area contributed by atoms with E-state index in [1.165, 1.54) is 5.56 Å². The van der Waals surface area contributed by atoms with Crippen molar-refractivity contribution < 1.29 is 0 Å². The van der Waals surface area contributed by atoms with Gasteiger partial charge in [-0.15, -0.1) is 0 Å². The molecule has 0 aliphatic rings. The molecule has 16 heavy (non-hydrogen) atoms. The van der Waals surface area contributed by atoms with Crippen LogP contribution >= 0.6 is 0 Å². The summed E-state index contributed by atoms with van der Waals surface area (Å²) < 4.78 is 2.03. The number of rotatable bonds is 3. The van der Waals surface area contributed by atoms with Gasteiger partial charge in [0.05, 0.1) is 5.69 Å². The van der Waals surface area contributed by atoms with Gasteiger partial charge in [-0.05, 0) is 19.3 Å². The van der Waals surface area contributed by atoms with Gasteiger partial charge in [-0.25, -0.2) is 9.97 Å². The van der Waals surface area contributed by atoms with Crippen LogP contribution in [-0.4, -0.2) is 14.4 Å². The van der Waals surface area contributed by atoms with Gasteiger partial charge in [0.25, 0.3) is 0 Å². The molecule has 2 N–H and O–H groups in total. The van der Waals surface area contributed by atoms with Crippen LogP contribution < -0.4 is 5.73 Å². The van der Waals surface area contributed by atoms with Crippen molar-refractivity contribution in [2.75, 3.05) is 0 Å². The third-order valence-electron chi connectivity index (χ3n) is 2.64. The molecule has 0 radical (unpaired) electrons. The van der Waals surface area contributed by atoms with E-state index in [1.807, 2.05) is 23.7 Å². The molecule has 2 heterocycles. The first-order chi connectivity index (χ1) is 7.61. The molecule has 0 atom stereocenters. The molecule has 0 aliphatic carbocycles. The van der Waals surface area contributed by atoms with Gasteiger partial charge in [-0.1, -0.05) is 13.8 Å². The lowest BCUT2D eigenvalue weighted by Crippen LogP contribution is -2.02. The fraction of sp³-hybridized carbons (Fsp3) is 0.500. The van der Waals surface area contributed by atoms with Crippen LogP contribution in [0.1, 0.15) is 30.9 Å². The van der Waals surface area contributed by atoms with Crippen molar-refractivity contribution in [3.63, 3.8) is 0 Å². The van der Waals surface area contributed by atoms with E-state index in [4.69, 9.17) is 5.73 Å². The fourth-order valence-electron chi connectivity index (χ4n) is 1.88. The Morgan fingerprint density at radius 1 is 1.44 bits per heavy atom. The fourth-order valence-corrected chi connectivity index (χ4v) is 1.88. The highest BCUT2D eigenvalue weighted by molar-refractivity contribution is 5.48. The van der Waals surface area contributed by atoms with Crippen LogP contribution in [0, 0.1) is 12.8 Å². The minimum absolute atomic E-state index is 0.474. The molecule has 0 amide bonds. The molecule has 0 bridgehead atoms. The van der Waals surface area contributed by atoms with Crippen LogP contribution in [0.3, 0.4) is 0 Å². The van der Waals surface area contributed by atoms with Gasteiger partial charge < -0.3 is 5.73 Å². The first-order valence-corrected chi connectivity index (χ1v) is 5.64. The molecule has 0 spiro atoms. The van der Waals surface area contributed by atoms with Gasteiger partial charge in [0, 0.05) is 24.5 Å². The first-order valence-electron chi connectivity index (χ1n) is 5.64. The average molecular weight is 218 g/mol. The summed E-state index contributed by atoms with van der Waals surface area (Å²) in [5, 5.41) is 0. The van der Waals surface area contributed by atoms with Crippen molar-refractivity contribution in [2.24, 2.45) is 11.7 Å². The summed E-state index contributed by atoms with van der Waals surface area (Å²) in [6.45, 7) is 6.85. The molecule has 0 saturated carbocycles. The number of imidazole rings is 1. The summed E-state index contributed by atoms with van der Waals surface area (Å²) in [6.07, 6.45) is 4.90. The number of nitrogens with two attached hydrogens (primary N) is 1. The Balaban J connectivity index is 2.58. The second kappa shape index (κ2) is 4.22. The normalized spacial score (nSPS) is 11.6. The SMILES string of the molecule is Cc1ncc(CC(C)C)c2nc(CN)cn12. The highest BCUT2D eigenvalue weighted by atomic mass is 15.1. The zero-order valence-corrected chi connectivity index (χ0v) is 10.1. The molecule has 2 aromatic rings. The van der Waals surface area contributed by atoms with Crippen molar-refractivity contribution in [3.05, 3.63) is 29.5 Å². The molecule has 0 aliphatic heterocycles. The quantitative estimate of drug-likeness (QED) is 0.853. The molecular weight excluding hydrogens is 200 g/mol. The van der Waals surface area contributed by atoms with Gasteiger partial charge in [0.15, 0.2) is 0 Å². The van der Waals surface area contributed by atoms with E-state index in [-0.39, 0.29) is 0 Å². The van der Waals surface area contributed by atoms with Crippen LogP contribution in [0.25, 0.3) is 5.65 Å². The summed E-state index contributed by atoms with van der Waals surface area (Å²) in [6, 6.07) is 0. The van der Waals surface area contributed by atoms with Crippen LogP contribution in [0.5, 0.6) is 0 Å². The Kier molecular flexibility index (Phi) is 2.92. The van der Waals surface area contributed by atoms with Crippen molar-refractivity contribution >= 4 is 5.65 Å². The average Bonchev–Trinajstić information content (AvgIpc) is 2.66. The molecule has 86 valence electrons. The van der Waals surface area contributed by atoms with Crippen LogP contribution in [0.2, 0.25) is 0 Å². The Bertz CT molecular complexity index is 499. The minimum Gasteiger partial charge on any atom is -0.325 e. The Hall–Kier alpha value is -1.42. The third-order valence-corrected chi connectivity index (χ3v) is 2.64. The molecule has 2 rings (SSSR count). The van der Waals surface area contributed by atoms with Gasteiger partial charge in [0.2, 0.25) is 0 Å². The van der Waals surface area contributed by atoms with Crippen molar-refractivity contribution in [2.45, 2.75) is 33.7 Å². The van der Waals surface area contributed by atoms with Gasteiger partial charge in [-0.3, -0.25) is 4.40 Å². The highest BCUT2D eigenvalue weighted by Gasteiger charge is 2.09. The highest BCUT2D eigenvalue weighted by Crippen LogP contribution is 2.15. The summed E-state index contributed by atoms with van der Waals surface area (Å²) in [5.41, 5.74) is 8.73. The lowest BCUT2D eigenvalue weighted by Gasteiger charge is -2.07. The standard InChI is InChI=1S/C12H18N4/c1-8(2)4-10-6-14-9(3)16-7-11(5-13)15-12(10)16/h6-8H,4-5,13H2,1-3H3. The Labute approximate surface area is 95.5 Å². The van der Waals surface area contributed by atoms with Crippen LogP contribution in [0.4, 0.5) is 0 Å². The topological polar surface area (TPSA) is 56.2 Å². The van der Waals surface area contributed by atoms with Crippen LogP contribution in [0.15, 0.2) is 12.4 Å². The molecule has 0 fully saturated rings. The second-order valence-corrected chi connectivity index (χ2v) is 4.56. The summed E-state index contributed by atoms with van der Waals surface area (Å²) in [5.74, 6) is 1.56. The van der Waals surface area contributed by atoms with Crippen LogP contribution in [-0.2, 0) is 13.0 Å². The van der Waals surface area contributed by atoms with E-state index in [0.717, 1.165) is 23.6 Å². The summed E-state index contributed by atoms with van der Waals surface area (Å²) in [7, 11) is 0. The van der Waals surface area contributed by atoms with Crippen molar-refractivity contribution in [3.8, 4) is 0 Å². The number of hydrogen-bond donors (Lipinski definition) is 1. The predicted molar refractivity (Wildman–Crippen MR) is 64.2 cm³/mol. The van der Waals surface area contributed by atoms with E-state index in [2.05, 4.69) is 23.8 Å². The maximum absolute atomic E-state index is 5.62. The molecular formula is C12H18N4. The second-order valence-electron chi connectivity index (χ2n) is 4.56. The number of aryl methyl sites for hydroxylation is 1. The third kappa shape index (κ3) is 1.93. The Morgan fingerprint density at radius 3 is 2.81 bits per heavy atom. The number of aromatic nitrogens is 3. The van der Waals surface area contributed by atoms with Crippen molar-refractivity contribution in [1.82, 2.24) is 14.4 Å². The van der Waals surface area contributed by atoms with E-state index < -0.39 is 0 Å². The largest absolute Gasteiger partial charge is 0.325 e. The summed E-state index contributed by atoms with van der Waals surface area (Å²) >= 11 is 0. The minimum atomic E-state index is 0.474. The lowest BCUT2D eigenvalue weighted by atomic mass is 10.1. The molecule has 0 saturated heterocycles. The van der Waals surface area contributed by atoms with Gasteiger partial charge in [0.1, 0.15) is 11.5 Å². The van der Waals surface area contributed by atoms with E-state index in [1.54, 1.807) is 0 Å². The number of nitrogens with zero attached hydrogens (tertiary/aromatic N) is 3. The maximum Gasteiger partial charge on any atom is 0.143 e. The van der Waals surface area contributed by atoms with Crippen molar-refractivity contribution in [1.29, 1.82) is 0 Å². The predicted octanol–water partition coefficient (Wildman–Crippen LogP) is 1.69.